The van der Waals surface area contributed by atoms with Gasteiger partial charge in [0, 0.05) is 12.8 Å². The van der Waals surface area contributed by atoms with E-state index in [2.05, 4.69) is 30.5 Å². The molecule has 0 aliphatic carbocycles. The van der Waals surface area contributed by atoms with Gasteiger partial charge >= 0.3 is 19.8 Å². The van der Waals surface area contributed by atoms with Gasteiger partial charge < -0.3 is 19.3 Å². The van der Waals surface area contributed by atoms with Crippen LogP contribution in [0.5, 0.6) is 0 Å². The maximum absolute atomic E-state index is 12.3. The molecule has 0 aromatic rings. The van der Waals surface area contributed by atoms with E-state index in [4.69, 9.17) is 19.3 Å². The molecule has 248 valence electrons. The molecule has 9 heteroatoms. The Morgan fingerprint density at radius 1 is 0.595 bits per heavy atom. The average Bonchev–Trinajstić information content (AvgIpc) is 2.95. The van der Waals surface area contributed by atoms with E-state index in [0.717, 1.165) is 44.9 Å². The molecule has 0 heterocycles. The van der Waals surface area contributed by atoms with Gasteiger partial charge in [0.05, 0.1) is 6.61 Å². The highest BCUT2D eigenvalue weighted by Crippen LogP contribution is 2.35. The van der Waals surface area contributed by atoms with Crippen molar-refractivity contribution in [3.63, 3.8) is 0 Å². The van der Waals surface area contributed by atoms with Crippen molar-refractivity contribution in [3.05, 3.63) is 12.2 Å². The second kappa shape index (κ2) is 29.8. The molecule has 0 bridgehead atoms. The Labute approximate surface area is 257 Å². The molecule has 0 aromatic heterocycles. The van der Waals surface area contributed by atoms with Crippen LogP contribution >= 0.6 is 7.82 Å². The molecule has 2 N–H and O–H groups in total. The molecule has 0 amide bonds. The van der Waals surface area contributed by atoms with Crippen molar-refractivity contribution in [2.24, 2.45) is 0 Å². The predicted molar refractivity (Wildman–Crippen MR) is 170 cm³/mol. The van der Waals surface area contributed by atoms with Gasteiger partial charge in [0.1, 0.15) is 6.61 Å². The Morgan fingerprint density at radius 3 is 1.48 bits per heavy atom. The van der Waals surface area contributed by atoms with Gasteiger partial charge in [-0.25, -0.2) is 4.57 Å². The first-order chi connectivity index (χ1) is 20.3. The molecule has 0 spiro atoms. The number of carbonyl (C=O) groups excluding carboxylic acids is 2. The fraction of sp³-hybridized carbons (Fsp3) is 0.879. The number of rotatable bonds is 31. The summed E-state index contributed by atoms with van der Waals surface area (Å²) >= 11 is 0. The second-order valence-electron chi connectivity index (χ2n) is 11.5. The maximum atomic E-state index is 12.3. The number of allylic oxidation sites excluding steroid dienone is 2. The third-order valence-corrected chi connectivity index (χ3v) is 7.77. The van der Waals surface area contributed by atoms with Gasteiger partial charge in [-0.2, -0.15) is 0 Å². The van der Waals surface area contributed by atoms with Gasteiger partial charge in [-0.05, 0) is 38.5 Å². The number of esters is 2. The van der Waals surface area contributed by atoms with E-state index >= 15 is 0 Å². The number of hydrogen-bond acceptors (Lipinski definition) is 6. The van der Waals surface area contributed by atoms with Crippen LogP contribution in [-0.4, -0.2) is 41.0 Å². The van der Waals surface area contributed by atoms with Crippen molar-refractivity contribution in [3.8, 4) is 0 Å². The summed E-state index contributed by atoms with van der Waals surface area (Å²) in [5, 5.41) is 0. The molecule has 1 atom stereocenters. The minimum Gasteiger partial charge on any atom is -0.462 e. The summed E-state index contributed by atoms with van der Waals surface area (Å²) in [7, 11) is -4.74. The minimum atomic E-state index is -4.74. The maximum Gasteiger partial charge on any atom is 0.469 e. The first-order valence-corrected chi connectivity index (χ1v) is 18.5. The molecule has 0 radical (unpaired) electrons. The van der Waals surface area contributed by atoms with Crippen LogP contribution in [0, 0.1) is 0 Å². The second-order valence-corrected chi connectivity index (χ2v) is 12.7. The number of ether oxygens (including phenoxy) is 2. The number of unbranched alkanes of at least 4 members (excludes halogenated alkanes) is 19. The lowest BCUT2D eigenvalue weighted by molar-refractivity contribution is -0.161. The van der Waals surface area contributed by atoms with Crippen molar-refractivity contribution in [1.82, 2.24) is 0 Å². The third kappa shape index (κ3) is 31.7. The Morgan fingerprint density at radius 2 is 1.00 bits per heavy atom. The average molecular weight is 619 g/mol. The Hall–Kier alpha value is -1.21. The van der Waals surface area contributed by atoms with Crippen LogP contribution in [0.25, 0.3) is 0 Å². The normalized spacial score (nSPS) is 12.6. The van der Waals surface area contributed by atoms with E-state index < -0.39 is 32.5 Å². The minimum absolute atomic E-state index is 0.195. The van der Waals surface area contributed by atoms with E-state index in [-0.39, 0.29) is 19.4 Å². The number of phosphoric ester groups is 1. The van der Waals surface area contributed by atoms with E-state index in [0.29, 0.717) is 6.42 Å². The van der Waals surface area contributed by atoms with Gasteiger partial charge in [-0.1, -0.05) is 129 Å². The predicted octanol–water partition coefficient (Wildman–Crippen LogP) is 9.51. The van der Waals surface area contributed by atoms with Crippen LogP contribution < -0.4 is 0 Å². The summed E-state index contributed by atoms with van der Waals surface area (Å²) in [6, 6.07) is 0. The van der Waals surface area contributed by atoms with Crippen LogP contribution in [0.15, 0.2) is 12.2 Å². The van der Waals surface area contributed by atoms with Crippen molar-refractivity contribution in [2.45, 2.75) is 174 Å². The van der Waals surface area contributed by atoms with Gasteiger partial charge in [0.25, 0.3) is 0 Å². The Bertz CT molecular complexity index is 706. The molecule has 0 rings (SSSR count). The summed E-state index contributed by atoms with van der Waals surface area (Å²) in [6.45, 7) is 3.63. The first kappa shape index (κ1) is 40.8. The lowest BCUT2D eigenvalue weighted by Crippen LogP contribution is -2.29. The van der Waals surface area contributed by atoms with Crippen LogP contribution in [0.4, 0.5) is 0 Å². The smallest absolute Gasteiger partial charge is 0.462 e. The van der Waals surface area contributed by atoms with Crippen LogP contribution in [0.1, 0.15) is 168 Å². The van der Waals surface area contributed by atoms with E-state index in [1.54, 1.807) is 0 Å². The summed E-state index contributed by atoms with van der Waals surface area (Å²) in [4.78, 5) is 42.5. The van der Waals surface area contributed by atoms with E-state index in [9.17, 15) is 14.2 Å². The fourth-order valence-corrected chi connectivity index (χ4v) is 5.08. The molecular weight excluding hydrogens is 555 g/mol. The molecule has 0 aliphatic heterocycles. The highest BCUT2D eigenvalue weighted by Gasteiger charge is 2.22. The monoisotopic (exact) mass is 618 g/mol. The Balaban J connectivity index is 4.03. The largest absolute Gasteiger partial charge is 0.469 e. The number of phosphoric acid groups is 1. The molecule has 0 saturated heterocycles. The molecule has 0 fully saturated rings. The molecule has 0 unspecified atom stereocenters. The van der Waals surface area contributed by atoms with E-state index in [1.165, 1.54) is 89.9 Å². The van der Waals surface area contributed by atoms with Crippen LogP contribution in [-0.2, 0) is 28.2 Å². The first-order valence-electron chi connectivity index (χ1n) is 17.0. The van der Waals surface area contributed by atoms with Crippen molar-refractivity contribution in [1.29, 1.82) is 0 Å². The lowest BCUT2D eigenvalue weighted by atomic mass is 10.1. The lowest BCUT2D eigenvalue weighted by Gasteiger charge is -2.18. The zero-order valence-corrected chi connectivity index (χ0v) is 27.8. The van der Waals surface area contributed by atoms with E-state index in [1.807, 2.05) is 0 Å². The highest BCUT2D eigenvalue weighted by atomic mass is 31.2. The van der Waals surface area contributed by atoms with Crippen molar-refractivity contribution >= 4 is 19.8 Å². The molecule has 0 aliphatic rings. The molecule has 8 nitrogen and oxygen atoms in total. The van der Waals surface area contributed by atoms with Gasteiger partial charge in [-0.3, -0.25) is 14.1 Å². The number of hydrogen-bond donors (Lipinski definition) is 2. The number of carbonyl (C=O) groups is 2. The SMILES string of the molecule is CCCCCCCC/C=C/CCCCCC(=O)O[C@H](COC(=O)CCCCCCCCCCCCC)COP(=O)(O)O. The summed E-state index contributed by atoms with van der Waals surface area (Å²) in [6.07, 6.45) is 29.4. The highest BCUT2D eigenvalue weighted by molar-refractivity contribution is 7.46. The summed E-state index contributed by atoms with van der Waals surface area (Å²) < 4.78 is 26.2. The molecular formula is C33H63O8P. The van der Waals surface area contributed by atoms with Gasteiger partial charge in [0.2, 0.25) is 0 Å². The Kier molecular flexibility index (Phi) is 29.0. The summed E-state index contributed by atoms with van der Waals surface area (Å²) in [5.41, 5.74) is 0. The van der Waals surface area contributed by atoms with Gasteiger partial charge in [0.15, 0.2) is 6.10 Å². The third-order valence-electron chi connectivity index (χ3n) is 7.28. The zero-order chi connectivity index (χ0) is 31.2. The van der Waals surface area contributed by atoms with Crippen LogP contribution in [0.3, 0.4) is 0 Å². The molecule has 42 heavy (non-hydrogen) atoms. The fourth-order valence-electron chi connectivity index (χ4n) is 4.72. The van der Waals surface area contributed by atoms with Crippen LogP contribution in [0.2, 0.25) is 0 Å². The van der Waals surface area contributed by atoms with Gasteiger partial charge in [-0.15, -0.1) is 0 Å². The van der Waals surface area contributed by atoms with Crippen molar-refractivity contribution in [2.75, 3.05) is 13.2 Å². The topological polar surface area (TPSA) is 119 Å². The molecule has 0 saturated carbocycles. The molecule has 0 aromatic carbocycles. The summed E-state index contributed by atoms with van der Waals surface area (Å²) in [5.74, 6) is -0.901. The zero-order valence-electron chi connectivity index (χ0n) is 26.9. The standard InChI is InChI=1S/C33H63O8P/c1-3-5-7-9-11-13-15-16-18-20-22-24-26-28-33(35)41-31(30-40-42(36,37)38)29-39-32(34)27-25-23-21-19-17-14-12-10-8-6-4-2/h16,18,31H,3-15,17,19-30H2,1-2H3,(H2,36,37,38)/b18-16+/t31-/m1/s1. The quantitative estimate of drug-likeness (QED) is 0.0341. The van der Waals surface area contributed by atoms with Crippen molar-refractivity contribution < 1.29 is 37.9 Å².